The number of carbonyl (C=O) groups is 1. The van der Waals surface area contributed by atoms with Crippen molar-refractivity contribution >= 4 is 15.8 Å². The van der Waals surface area contributed by atoms with Crippen LogP contribution in [0.25, 0.3) is 0 Å². The highest BCUT2D eigenvalue weighted by Crippen LogP contribution is 2.62. The highest BCUT2D eigenvalue weighted by Gasteiger charge is 2.32. The van der Waals surface area contributed by atoms with E-state index in [0.29, 0.717) is 12.2 Å². The van der Waals surface area contributed by atoms with Crippen molar-refractivity contribution in [1.82, 2.24) is 0 Å². The summed E-state index contributed by atoms with van der Waals surface area (Å²) < 4.78 is 0. The molecule has 0 atom stereocenters. The summed E-state index contributed by atoms with van der Waals surface area (Å²) in [6.07, 6.45) is 10.2. The first-order valence-corrected chi connectivity index (χ1v) is 8.30. The zero-order valence-electron chi connectivity index (χ0n) is 10.2. The summed E-state index contributed by atoms with van der Waals surface area (Å²) in [5.74, 6) is 0.317. The van der Waals surface area contributed by atoms with E-state index in [2.05, 4.69) is 42.9 Å². The second-order valence-corrected chi connectivity index (χ2v) is 8.52. The van der Waals surface area contributed by atoms with E-state index in [1.54, 1.807) is 0 Å². The number of benzene rings is 1. The van der Waals surface area contributed by atoms with Gasteiger partial charge in [-0.25, -0.2) is 0 Å². The number of hydrogen-bond donors (Lipinski definition) is 0. The van der Waals surface area contributed by atoms with Crippen LogP contribution in [-0.2, 0) is 11.2 Å². The van der Waals surface area contributed by atoms with Crippen molar-refractivity contribution in [2.75, 3.05) is 12.5 Å². The van der Waals surface area contributed by atoms with Crippen LogP contribution in [0.15, 0.2) is 51.8 Å². The molecule has 0 radical (unpaired) electrons. The number of fused-ring (bicyclic) bond motifs is 1. The zero-order chi connectivity index (χ0) is 12.0. The maximum atomic E-state index is 12.0. The van der Waals surface area contributed by atoms with E-state index in [9.17, 15) is 4.79 Å². The number of hydrogen-bond acceptors (Lipinski definition) is 1. The Kier molecular flexibility index (Phi) is 2.30. The van der Waals surface area contributed by atoms with E-state index in [-0.39, 0.29) is 0 Å². The van der Waals surface area contributed by atoms with Crippen molar-refractivity contribution in [3.8, 4) is 0 Å². The van der Waals surface area contributed by atoms with E-state index >= 15 is 0 Å². The third-order valence-corrected chi connectivity index (χ3v) is 6.63. The maximum Gasteiger partial charge on any atom is 0.164 e. The Labute approximate surface area is 104 Å². The first-order chi connectivity index (χ1) is 8.10. The van der Waals surface area contributed by atoms with Gasteiger partial charge in [-0.05, 0) is 29.0 Å². The van der Waals surface area contributed by atoms with Crippen LogP contribution in [0.5, 0.6) is 0 Å². The molecule has 0 bridgehead atoms. The monoisotopic (exact) mass is 244 g/mol. The van der Waals surface area contributed by atoms with Crippen molar-refractivity contribution in [1.29, 1.82) is 0 Å². The molecule has 2 aliphatic rings. The molecule has 17 heavy (non-hydrogen) atoms. The number of carbonyl (C=O) groups excluding carboxylic acids is 1. The Balaban J connectivity index is 2.24. The third-order valence-electron chi connectivity index (χ3n) is 3.65. The lowest BCUT2D eigenvalue weighted by Crippen LogP contribution is -2.19. The Bertz CT molecular complexity index is 564. The molecular formula is C15H16OS. The van der Waals surface area contributed by atoms with Gasteiger partial charge in [0.05, 0.1) is 0 Å². The molecule has 1 aliphatic carbocycles. The zero-order valence-corrected chi connectivity index (χ0v) is 11.0. The lowest BCUT2D eigenvalue weighted by Gasteiger charge is -2.41. The van der Waals surface area contributed by atoms with Gasteiger partial charge in [0.2, 0.25) is 0 Å². The van der Waals surface area contributed by atoms with Crippen LogP contribution in [0.3, 0.4) is 0 Å². The molecule has 0 saturated carbocycles. The van der Waals surface area contributed by atoms with Gasteiger partial charge in [-0.15, -0.1) is 0 Å². The fourth-order valence-electron chi connectivity index (χ4n) is 2.75. The maximum absolute atomic E-state index is 12.0. The van der Waals surface area contributed by atoms with Crippen LogP contribution in [0.2, 0.25) is 0 Å². The first-order valence-electron chi connectivity index (χ1n) is 5.85. The highest BCUT2D eigenvalue weighted by atomic mass is 32.3. The number of ketones is 1. The Morgan fingerprint density at radius 2 is 1.94 bits per heavy atom. The van der Waals surface area contributed by atoms with Crippen molar-refractivity contribution < 1.29 is 4.79 Å². The van der Waals surface area contributed by atoms with Crippen molar-refractivity contribution in [3.05, 3.63) is 52.5 Å². The lowest BCUT2D eigenvalue weighted by atomic mass is 9.96. The Morgan fingerprint density at radius 1 is 1.18 bits per heavy atom. The normalized spacial score (nSPS) is 23.1. The highest BCUT2D eigenvalue weighted by molar-refractivity contribution is 8.36. The van der Waals surface area contributed by atoms with E-state index in [4.69, 9.17) is 0 Å². The van der Waals surface area contributed by atoms with E-state index in [0.717, 1.165) is 12.0 Å². The topological polar surface area (TPSA) is 17.1 Å². The second-order valence-electron chi connectivity index (χ2n) is 4.98. The predicted octanol–water partition coefficient (Wildman–Crippen LogP) is 3.45. The van der Waals surface area contributed by atoms with Crippen molar-refractivity contribution in [2.24, 2.45) is 0 Å². The van der Waals surface area contributed by atoms with Crippen molar-refractivity contribution in [3.63, 3.8) is 0 Å². The van der Waals surface area contributed by atoms with Crippen molar-refractivity contribution in [2.45, 2.75) is 17.7 Å². The Hall–Kier alpha value is -1.28. The molecule has 0 amide bonds. The molecule has 1 aromatic rings. The van der Waals surface area contributed by atoms with E-state index in [1.165, 1.54) is 15.4 Å². The summed E-state index contributed by atoms with van der Waals surface area (Å²) >= 11 is 0. The second kappa shape index (κ2) is 3.61. The SMILES string of the molecule is CS1(C)C2=C(Cc3ccccc31)C(=O)CC=C2. The number of Topliss-reactive ketones (excluding diaryl/α,β-unsaturated/α-hetero) is 1. The summed E-state index contributed by atoms with van der Waals surface area (Å²) in [6.45, 7) is 0. The fraction of sp³-hybridized carbons (Fsp3) is 0.267. The predicted molar refractivity (Wildman–Crippen MR) is 73.6 cm³/mol. The fourth-order valence-corrected chi connectivity index (χ4v) is 5.44. The minimum atomic E-state index is -1.00. The minimum absolute atomic E-state index is 0.317. The smallest absolute Gasteiger partial charge is 0.164 e. The average molecular weight is 244 g/mol. The van der Waals surface area contributed by atoms with Gasteiger partial charge in [0.1, 0.15) is 0 Å². The van der Waals surface area contributed by atoms with Crippen LogP contribution in [0.4, 0.5) is 0 Å². The molecular weight excluding hydrogens is 228 g/mol. The molecule has 1 aromatic carbocycles. The van der Waals surface area contributed by atoms with Crippen LogP contribution >= 0.6 is 10.0 Å². The van der Waals surface area contributed by atoms with Crippen LogP contribution < -0.4 is 0 Å². The molecule has 0 saturated heterocycles. The molecule has 3 rings (SSSR count). The number of allylic oxidation sites excluding steroid dienone is 3. The molecule has 1 heterocycles. The van der Waals surface area contributed by atoms with E-state index in [1.807, 2.05) is 6.08 Å². The molecule has 0 aromatic heterocycles. The lowest BCUT2D eigenvalue weighted by molar-refractivity contribution is -0.115. The minimum Gasteiger partial charge on any atom is -0.294 e. The van der Waals surface area contributed by atoms with Crippen LogP contribution in [0, 0.1) is 0 Å². The van der Waals surface area contributed by atoms with Gasteiger partial charge >= 0.3 is 0 Å². The molecule has 0 unspecified atom stereocenters. The largest absolute Gasteiger partial charge is 0.294 e. The molecule has 88 valence electrons. The quantitative estimate of drug-likeness (QED) is 0.683. The molecule has 0 spiro atoms. The van der Waals surface area contributed by atoms with Gasteiger partial charge in [0, 0.05) is 23.3 Å². The van der Waals surface area contributed by atoms with Gasteiger partial charge in [-0.1, -0.05) is 30.4 Å². The Morgan fingerprint density at radius 3 is 2.76 bits per heavy atom. The molecule has 0 fully saturated rings. The molecule has 2 heteroatoms. The average Bonchev–Trinajstić information content (AvgIpc) is 2.31. The number of rotatable bonds is 0. The molecule has 1 aliphatic heterocycles. The van der Waals surface area contributed by atoms with Gasteiger partial charge in [-0.2, -0.15) is 10.0 Å². The summed E-state index contributed by atoms with van der Waals surface area (Å²) in [4.78, 5) is 14.8. The first kappa shape index (κ1) is 10.8. The van der Waals surface area contributed by atoms with Crippen LogP contribution in [0.1, 0.15) is 12.0 Å². The summed E-state index contributed by atoms with van der Waals surface area (Å²) in [6, 6.07) is 8.57. The standard InChI is InChI=1S/C15H16OS/c1-17(2)14-8-4-3-6-11(14)10-12-13(16)7-5-9-15(12)17/h3-6,8-9H,7,10H2,1-2H3. The molecule has 1 nitrogen and oxygen atoms in total. The van der Waals surface area contributed by atoms with Gasteiger partial charge in [0.15, 0.2) is 5.78 Å². The van der Waals surface area contributed by atoms with Gasteiger partial charge < -0.3 is 0 Å². The molecule has 0 N–H and O–H groups in total. The summed E-state index contributed by atoms with van der Waals surface area (Å²) in [7, 11) is -1.00. The van der Waals surface area contributed by atoms with E-state index < -0.39 is 10.0 Å². The van der Waals surface area contributed by atoms with Crippen LogP contribution in [-0.4, -0.2) is 18.3 Å². The summed E-state index contributed by atoms with van der Waals surface area (Å²) in [5.41, 5.74) is 2.40. The third kappa shape index (κ3) is 1.51. The van der Waals surface area contributed by atoms with Gasteiger partial charge in [-0.3, -0.25) is 4.79 Å². The summed E-state index contributed by atoms with van der Waals surface area (Å²) in [5, 5.41) is 0. The van der Waals surface area contributed by atoms with Gasteiger partial charge in [0.25, 0.3) is 0 Å².